The molecule has 7 nitrogen and oxygen atoms in total. The molecule has 0 aliphatic carbocycles. The van der Waals surface area contributed by atoms with Gasteiger partial charge in [-0.1, -0.05) is 11.6 Å². The van der Waals surface area contributed by atoms with E-state index in [0.29, 0.717) is 36.8 Å². The second-order valence-electron chi connectivity index (χ2n) is 7.55. The van der Waals surface area contributed by atoms with Crippen LogP contribution in [0.25, 0.3) is 0 Å². The maximum Gasteiger partial charge on any atom is 0.243 e. The summed E-state index contributed by atoms with van der Waals surface area (Å²) in [5.41, 5.74) is 0. The molecular formula is C22H27ClN2O5S. The van der Waals surface area contributed by atoms with Gasteiger partial charge in [-0.25, -0.2) is 8.42 Å². The molecule has 9 heteroatoms. The largest absolute Gasteiger partial charge is 0.497 e. The summed E-state index contributed by atoms with van der Waals surface area (Å²) in [6.45, 7) is 2.71. The molecule has 2 aromatic carbocycles. The third-order valence-corrected chi connectivity index (χ3v) is 7.29. The predicted molar refractivity (Wildman–Crippen MR) is 119 cm³/mol. The third kappa shape index (κ3) is 6.12. The normalized spacial score (nSPS) is 18.2. The molecule has 1 N–H and O–H groups in total. The molecule has 1 amide bonds. The second kappa shape index (κ2) is 10.3. The number of nitrogens with one attached hydrogen (secondary N) is 1. The fourth-order valence-corrected chi connectivity index (χ4v) is 5.08. The van der Waals surface area contributed by atoms with E-state index in [9.17, 15) is 13.2 Å². The lowest BCUT2D eigenvalue weighted by atomic mass is 9.98. The molecule has 1 saturated heterocycles. The lowest BCUT2D eigenvalue weighted by Gasteiger charge is -2.31. The molecule has 0 radical (unpaired) electrons. The minimum atomic E-state index is -3.67. The summed E-state index contributed by atoms with van der Waals surface area (Å²) in [6, 6.07) is 13.0. The zero-order valence-corrected chi connectivity index (χ0v) is 19.2. The van der Waals surface area contributed by atoms with Crippen molar-refractivity contribution in [2.75, 3.05) is 26.8 Å². The Bertz CT molecular complexity index is 980. The van der Waals surface area contributed by atoms with Gasteiger partial charge in [-0.05, 0) is 68.3 Å². The smallest absolute Gasteiger partial charge is 0.243 e. The Kier molecular flexibility index (Phi) is 7.80. The molecule has 0 aromatic heterocycles. The summed E-state index contributed by atoms with van der Waals surface area (Å²) in [4.78, 5) is 12.9. The van der Waals surface area contributed by atoms with Crippen LogP contribution in [0, 0.1) is 5.92 Å². The Hall–Kier alpha value is -2.29. The molecule has 1 aliphatic rings. The van der Waals surface area contributed by atoms with Crippen molar-refractivity contribution in [2.45, 2.75) is 30.7 Å². The topological polar surface area (TPSA) is 84.9 Å². The van der Waals surface area contributed by atoms with Crippen LogP contribution in [0.1, 0.15) is 19.8 Å². The van der Waals surface area contributed by atoms with Crippen molar-refractivity contribution in [3.8, 4) is 11.5 Å². The molecule has 31 heavy (non-hydrogen) atoms. The van der Waals surface area contributed by atoms with Crippen LogP contribution in [0.3, 0.4) is 0 Å². The second-order valence-corrected chi connectivity index (χ2v) is 9.93. The van der Waals surface area contributed by atoms with Crippen LogP contribution < -0.4 is 14.8 Å². The molecular weight excluding hydrogens is 440 g/mol. The summed E-state index contributed by atoms with van der Waals surface area (Å²) in [6.07, 6.45) is 1.27. The van der Waals surface area contributed by atoms with Crippen molar-refractivity contribution in [1.82, 2.24) is 9.62 Å². The van der Waals surface area contributed by atoms with Gasteiger partial charge in [-0.15, -0.1) is 0 Å². The average molecular weight is 467 g/mol. The van der Waals surface area contributed by atoms with Crippen molar-refractivity contribution in [3.05, 3.63) is 53.6 Å². The van der Waals surface area contributed by atoms with Gasteiger partial charge in [0.1, 0.15) is 18.1 Å². The van der Waals surface area contributed by atoms with Crippen LogP contribution in [0.4, 0.5) is 0 Å². The minimum Gasteiger partial charge on any atom is -0.497 e. The first-order valence-electron chi connectivity index (χ1n) is 10.1. The van der Waals surface area contributed by atoms with Crippen LogP contribution in [-0.4, -0.2) is 51.5 Å². The van der Waals surface area contributed by atoms with E-state index in [2.05, 4.69) is 5.32 Å². The molecule has 3 rings (SSSR count). The van der Waals surface area contributed by atoms with Crippen molar-refractivity contribution in [2.24, 2.45) is 5.92 Å². The maximum atomic E-state index is 12.9. The average Bonchev–Trinajstić information content (AvgIpc) is 2.78. The van der Waals surface area contributed by atoms with E-state index in [-0.39, 0.29) is 23.4 Å². The zero-order valence-electron chi connectivity index (χ0n) is 17.6. The van der Waals surface area contributed by atoms with E-state index in [4.69, 9.17) is 21.1 Å². The standard InChI is InChI=1S/C22H27ClN2O5S/c1-16(15-30-20-9-7-19(29-2)8-10-20)24-22(26)17-4-3-13-25(14-17)31(27,28)21-11-5-18(23)6-12-21/h5-12,16-17H,3-4,13-15H2,1-2H3,(H,24,26)/t16-,17-/m1/s1. The number of carbonyl (C=O) groups excluding carboxylic acids is 1. The number of sulfonamides is 1. The van der Waals surface area contributed by atoms with Crippen LogP contribution >= 0.6 is 11.6 Å². The fraction of sp³-hybridized carbons (Fsp3) is 0.409. The van der Waals surface area contributed by atoms with E-state index >= 15 is 0 Å². The molecule has 0 bridgehead atoms. The number of carbonyl (C=O) groups is 1. The Balaban J connectivity index is 1.54. The summed E-state index contributed by atoms with van der Waals surface area (Å²) in [7, 11) is -2.07. The number of halogens is 1. The van der Waals surface area contributed by atoms with Crippen molar-refractivity contribution >= 4 is 27.5 Å². The highest BCUT2D eigenvalue weighted by molar-refractivity contribution is 7.89. The zero-order chi connectivity index (χ0) is 22.4. The molecule has 168 valence electrons. The highest BCUT2D eigenvalue weighted by atomic mass is 35.5. The van der Waals surface area contributed by atoms with Crippen LogP contribution in [0.15, 0.2) is 53.4 Å². The lowest BCUT2D eigenvalue weighted by molar-refractivity contribution is -0.126. The van der Waals surface area contributed by atoms with Crippen molar-refractivity contribution < 1.29 is 22.7 Å². The molecule has 0 unspecified atom stereocenters. The summed E-state index contributed by atoms with van der Waals surface area (Å²) in [5.74, 6) is 0.852. The highest BCUT2D eigenvalue weighted by Gasteiger charge is 2.33. The van der Waals surface area contributed by atoms with Crippen molar-refractivity contribution in [3.63, 3.8) is 0 Å². The Morgan fingerprint density at radius 3 is 2.45 bits per heavy atom. The number of benzene rings is 2. The molecule has 1 aliphatic heterocycles. The number of amides is 1. The summed E-state index contributed by atoms with van der Waals surface area (Å²) >= 11 is 5.86. The lowest BCUT2D eigenvalue weighted by Crippen LogP contribution is -2.48. The first-order chi connectivity index (χ1) is 14.8. The maximum absolute atomic E-state index is 12.9. The summed E-state index contributed by atoms with van der Waals surface area (Å²) < 4.78 is 38.0. The van der Waals surface area contributed by atoms with Gasteiger partial charge in [0, 0.05) is 18.1 Å². The van der Waals surface area contributed by atoms with Gasteiger partial charge >= 0.3 is 0 Å². The van der Waals surface area contributed by atoms with E-state index in [1.54, 1.807) is 43.5 Å². The number of nitrogens with zero attached hydrogens (tertiary/aromatic N) is 1. The summed E-state index contributed by atoms with van der Waals surface area (Å²) in [5, 5.41) is 3.41. The molecule has 2 aromatic rings. The Labute approximate surface area is 188 Å². The first kappa shape index (κ1) is 23.4. The minimum absolute atomic E-state index is 0.156. The molecule has 0 spiro atoms. The van der Waals surface area contributed by atoms with Crippen molar-refractivity contribution in [1.29, 1.82) is 0 Å². The van der Waals surface area contributed by atoms with Gasteiger partial charge < -0.3 is 14.8 Å². The van der Waals surface area contributed by atoms with Gasteiger partial charge in [-0.3, -0.25) is 4.79 Å². The van der Waals surface area contributed by atoms with Gasteiger partial charge in [0.15, 0.2) is 0 Å². The predicted octanol–water partition coefficient (Wildman–Crippen LogP) is 3.33. The number of methoxy groups -OCH3 is 1. The monoisotopic (exact) mass is 466 g/mol. The van der Waals surface area contributed by atoms with E-state index in [1.807, 2.05) is 6.92 Å². The van der Waals surface area contributed by atoms with E-state index < -0.39 is 15.9 Å². The Morgan fingerprint density at radius 1 is 1.16 bits per heavy atom. The van der Waals surface area contributed by atoms with E-state index in [1.165, 1.54) is 16.4 Å². The number of rotatable bonds is 8. The number of hydrogen-bond donors (Lipinski definition) is 1. The van der Waals surface area contributed by atoms with E-state index in [0.717, 1.165) is 5.75 Å². The quantitative estimate of drug-likeness (QED) is 0.645. The van der Waals surface area contributed by atoms with Gasteiger partial charge in [0.05, 0.1) is 24.0 Å². The third-order valence-electron chi connectivity index (χ3n) is 5.15. The number of ether oxygens (including phenoxy) is 2. The van der Waals surface area contributed by atoms with Crippen LogP contribution in [0.2, 0.25) is 5.02 Å². The Morgan fingerprint density at radius 2 is 1.81 bits per heavy atom. The SMILES string of the molecule is COc1ccc(OC[C@@H](C)NC(=O)[C@@H]2CCCN(S(=O)(=O)c3ccc(Cl)cc3)C2)cc1. The number of hydrogen-bond acceptors (Lipinski definition) is 5. The molecule has 2 atom stereocenters. The number of piperidine rings is 1. The van der Waals surface area contributed by atoms with Gasteiger partial charge in [0.25, 0.3) is 0 Å². The van der Waals surface area contributed by atoms with Gasteiger partial charge in [0.2, 0.25) is 15.9 Å². The molecule has 1 heterocycles. The first-order valence-corrected chi connectivity index (χ1v) is 11.9. The molecule has 0 saturated carbocycles. The van der Waals surface area contributed by atoms with Crippen LogP contribution in [0.5, 0.6) is 11.5 Å². The molecule has 1 fully saturated rings. The van der Waals surface area contributed by atoms with Crippen LogP contribution in [-0.2, 0) is 14.8 Å². The van der Waals surface area contributed by atoms with Gasteiger partial charge in [-0.2, -0.15) is 4.31 Å². The fourth-order valence-electron chi connectivity index (χ4n) is 3.43. The highest BCUT2D eigenvalue weighted by Crippen LogP contribution is 2.25.